The van der Waals surface area contributed by atoms with Crippen LogP contribution >= 0.6 is 0 Å². The van der Waals surface area contributed by atoms with E-state index in [0.717, 1.165) is 5.56 Å². The molecule has 7 heteroatoms. The number of nitrogens with zero attached hydrogens (tertiary/aromatic N) is 3. The minimum absolute atomic E-state index is 0.114. The molecule has 0 bridgehead atoms. The zero-order chi connectivity index (χ0) is 19.4. The lowest BCUT2D eigenvalue weighted by Gasteiger charge is -2.34. The molecule has 2 aromatic rings. The molecule has 0 N–H and O–H groups in total. The summed E-state index contributed by atoms with van der Waals surface area (Å²) in [5, 5.41) is 0. The quantitative estimate of drug-likeness (QED) is 0.824. The minimum atomic E-state index is -0.130. The first-order chi connectivity index (χ1) is 13.0. The van der Waals surface area contributed by atoms with Gasteiger partial charge >= 0.3 is 0 Å². The molecule has 7 nitrogen and oxygen atoms in total. The third kappa shape index (κ3) is 3.86. The number of carbonyl (C=O) groups is 2. The average Bonchev–Trinajstić information content (AvgIpc) is 2.73. The monoisotopic (exact) mass is 369 g/mol. The molecule has 27 heavy (non-hydrogen) atoms. The second-order valence-electron chi connectivity index (χ2n) is 6.32. The first-order valence-corrected chi connectivity index (χ1v) is 8.77. The predicted molar refractivity (Wildman–Crippen MR) is 100 cm³/mol. The molecule has 1 saturated heterocycles. The Bertz CT molecular complexity index is 831. The second-order valence-corrected chi connectivity index (χ2v) is 6.32. The normalized spacial score (nSPS) is 14.0. The summed E-state index contributed by atoms with van der Waals surface area (Å²) in [4.78, 5) is 33.0. The smallest absolute Gasteiger partial charge is 0.272 e. The molecule has 1 aliphatic rings. The molecule has 1 aromatic carbocycles. The summed E-state index contributed by atoms with van der Waals surface area (Å²) < 4.78 is 10.7. The van der Waals surface area contributed by atoms with Crippen LogP contribution in [0.5, 0.6) is 11.5 Å². The van der Waals surface area contributed by atoms with Gasteiger partial charge in [-0.05, 0) is 36.8 Å². The Hall–Kier alpha value is -3.09. The highest BCUT2D eigenvalue weighted by atomic mass is 16.5. The van der Waals surface area contributed by atoms with Crippen LogP contribution in [-0.4, -0.2) is 67.0 Å². The van der Waals surface area contributed by atoms with Crippen molar-refractivity contribution in [3.05, 3.63) is 53.3 Å². The Morgan fingerprint density at radius 3 is 2.11 bits per heavy atom. The summed E-state index contributed by atoms with van der Waals surface area (Å²) in [7, 11) is 3.12. The molecule has 1 aliphatic heterocycles. The number of benzene rings is 1. The van der Waals surface area contributed by atoms with Crippen molar-refractivity contribution >= 4 is 11.8 Å². The van der Waals surface area contributed by atoms with Crippen LogP contribution in [0.4, 0.5) is 0 Å². The van der Waals surface area contributed by atoms with Gasteiger partial charge in [0.1, 0.15) is 17.2 Å². The van der Waals surface area contributed by atoms with Crippen molar-refractivity contribution in [3.8, 4) is 11.5 Å². The Morgan fingerprint density at radius 1 is 0.926 bits per heavy atom. The number of amides is 2. The van der Waals surface area contributed by atoms with Gasteiger partial charge in [-0.3, -0.25) is 14.6 Å². The maximum absolute atomic E-state index is 13.0. The Kier molecular flexibility index (Phi) is 5.59. The van der Waals surface area contributed by atoms with Crippen molar-refractivity contribution < 1.29 is 19.1 Å². The molecule has 142 valence electrons. The van der Waals surface area contributed by atoms with Crippen molar-refractivity contribution in [3.63, 3.8) is 0 Å². The number of piperazine rings is 1. The largest absolute Gasteiger partial charge is 0.496 e. The number of pyridine rings is 1. The Labute approximate surface area is 158 Å². The van der Waals surface area contributed by atoms with Gasteiger partial charge in [-0.15, -0.1) is 0 Å². The van der Waals surface area contributed by atoms with Gasteiger partial charge in [0.15, 0.2) is 0 Å². The summed E-state index contributed by atoms with van der Waals surface area (Å²) in [6.45, 7) is 3.74. The fraction of sp³-hybridized carbons (Fsp3) is 0.350. The molecule has 3 rings (SSSR count). The molecular formula is C20H23N3O4. The number of aryl methyl sites for hydroxylation is 1. The Balaban J connectivity index is 1.71. The number of methoxy groups -OCH3 is 2. The molecule has 0 saturated carbocycles. The third-order valence-corrected chi connectivity index (χ3v) is 4.69. The number of ether oxygens (including phenoxy) is 2. The van der Waals surface area contributed by atoms with Crippen LogP contribution in [-0.2, 0) is 0 Å². The van der Waals surface area contributed by atoms with Gasteiger partial charge in [-0.25, -0.2) is 0 Å². The van der Waals surface area contributed by atoms with E-state index in [2.05, 4.69) is 4.98 Å². The summed E-state index contributed by atoms with van der Waals surface area (Å²) in [6.07, 6.45) is 1.60. The van der Waals surface area contributed by atoms with E-state index in [1.807, 2.05) is 6.92 Å². The summed E-state index contributed by atoms with van der Waals surface area (Å²) >= 11 is 0. The zero-order valence-corrected chi connectivity index (χ0v) is 15.8. The van der Waals surface area contributed by atoms with E-state index in [9.17, 15) is 9.59 Å². The van der Waals surface area contributed by atoms with Gasteiger partial charge in [0, 0.05) is 32.4 Å². The van der Waals surface area contributed by atoms with E-state index >= 15 is 0 Å². The highest BCUT2D eigenvalue weighted by Gasteiger charge is 2.28. The van der Waals surface area contributed by atoms with Crippen molar-refractivity contribution in [2.75, 3.05) is 40.4 Å². The van der Waals surface area contributed by atoms with Crippen molar-refractivity contribution in [1.29, 1.82) is 0 Å². The van der Waals surface area contributed by atoms with Crippen LogP contribution in [0.2, 0.25) is 0 Å². The first kappa shape index (κ1) is 18.7. The van der Waals surface area contributed by atoms with Gasteiger partial charge in [-0.2, -0.15) is 0 Å². The highest BCUT2D eigenvalue weighted by Crippen LogP contribution is 2.29. The molecule has 0 spiro atoms. The molecule has 2 heterocycles. The van der Waals surface area contributed by atoms with Crippen molar-refractivity contribution in [1.82, 2.24) is 14.8 Å². The number of hydrogen-bond acceptors (Lipinski definition) is 5. The van der Waals surface area contributed by atoms with E-state index in [1.54, 1.807) is 60.5 Å². The van der Waals surface area contributed by atoms with E-state index in [1.165, 1.54) is 0 Å². The summed E-state index contributed by atoms with van der Waals surface area (Å²) in [5.41, 5.74) is 1.78. The average molecular weight is 369 g/mol. The van der Waals surface area contributed by atoms with E-state index < -0.39 is 0 Å². The van der Waals surface area contributed by atoms with Gasteiger partial charge in [0.05, 0.1) is 19.8 Å². The van der Waals surface area contributed by atoms with Gasteiger partial charge < -0.3 is 19.3 Å². The van der Waals surface area contributed by atoms with E-state index in [0.29, 0.717) is 48.9 Å². The summed E-state index contributed by atoms with van der Waals surface area (Å²) in [5.74, 6) is 0.917. The lowest BCUT2D eigenvalue weighted by molar-refractivity contribution is 0.0530. The van der Waals surface area contributed by atoms with Gasteiger partial charge in [-0.1, -0.05) is 6.07 Å². The molecule has 0 unspecified atom stereocenters. The third-order valence-electron chi connectivity index (χ3n) is 4.69. The second kappa shape index (κ2) is 8.07. The molecule has 0 atom stereocenters. The highest BCUT2D eigenvalue weighted by molar-refractivity contribution is 5.98. The van der Waals surface area contributed by atoms with Crippen LogP contribution < -0.4 is 9.47 Å². The fourth-order valence-corrected chi connectivity index (χ4v) is 3.15. The molecule has 0 radical (unpaired) electrons. The number of aromatic nitrogens is 1. The van der Waals surface area contributed by atoms with Crippen molar-refractivity contribution in [2.45, 2.75) is 6.92 Å². The van der Waals surface area contributed by atoms with Gasteiger partial charge in [0.2, 0.25) is 0 Å². The number of hydrogen-bond donors (Lipinski definition) is 0. The fourth-order valence-electron chi connectivity index (χ4n) is 3.15. The topological polar surface area (TPSA) is 72.0 Å². The first-order valence-electron chi connectivity index (χ1n) is 8.77. The standard InChI is InChI=1S/C20H23N3O4/c1-14-12-18(27-3)15(13-17(14)26-2)19(24)22-8-10-23(11-9-22)20(25)16-6-4-5-7-21-16/h4-7,12-13H,8-11H2,1-3H3. The number of rotatable bonds is 4. The van der Waals surface area contributed by atoms with Crippen LogP contribution in [0.1, 0.15) is 26.4 Å². The lowest BCUT2D eigenvalue weighted by Crippen LogP contribution is -2.50. The number of carbonyl (C=O) groups excluding carboxylic acids is 2. The molecule has 0 aliphatic carbocycles. The predicted octanol–water partition coefficient (Wildman–Crippen LogP) is 2.01. The van der Waals surface area contributed by atoms with Crippen LogP contribution in [0, 0.1) is 6.92 Å². The van der Waals surface area contributed by atoms with Crippen LogP contribution in [0.15, 0.2) is 36.5 Å². The van der Waals surface area contributed by atoms with Crippen molar-refractivity contribution in [2.24, 2.45) is 0 Å². The maximum Gasteiger partial charge on any atom is 0.272 e. The maximum atomic E-state index is 13.0. The van der Waals surface area contributed by atoms with Gasteiger partial charge in [0.25, 0.3) is 11.8 Å². The van der Waals surface area contributed by atoms with Crippen LogP contribution in [0.3, 0.4) is 0 Å². The van der Waals surface area contributed by atoms with E-state index in [4.69, 9.17) is 9.47 Å². The molecule has 1 aromatic heterocycles. The molecular weight excluding hydrogens is 346 g/mol. The SMILES string of the molecule is COc1cc(C(=O)N2CCN(C(=O)c3ccccn3)CC2)c(OC)cc1C. The molecule has 2 amide bonds. The Morgan fingerprint density at radius 2 is 1.56 bits per heavy atom. The van der Waals surface area contributed by atoms with E-state index in [-0.39, 0.29) is 11.8 Å². The van der Waals surface area contributed by atoms with Crippen LogP contribution in [0.25, 0.3) is 0 Å². The summed E-state index contributed by atoms with van der Waals surface area (Å²) in [6, 6.07) is 8.77. The molecule has 1 fully saturated rings. The zero-order valence-electron chi connectivity index (χ0n) is 15.8. The lowest BCUT2D eigenvalue weighted by atomic mass is 10.1. The minimum Gasteiger partial charge on any atom is -0.496 e.